The van der Waals surface area contributed by atoms with Crippen molar-refractivity contribution >= 4 is 11.1 Å². The van der Waals surface area contributed by atoms with Crippen molar-refractivity contribution in [3.8, 4) is 16.9 Å². The first-order valence-electron chi connectivity index (χ1n) is 6.52. The van der Waals surface area contributed by atoms with Gasteiger partial charge in [-0.2, -0.15) is 0 Å². The van der Waals surface area contributed by atoms with Gasteiger partial charge in [-0.3, -0.25) is 4.98 Å². The maximum Gasteiger partial charge on any atom is 0.417 e. The van der Waals surface area contributed by atoms with Crippen LogP contribution in [-0.4, -0.2) is 11.1 Å². The fourth-order valence-corrected chi connectivity index (χ4v) is 2.13. The van der Waals surface area contributed by atoms with Gasteiger partial charge in [-0.25, -0.2) is 4.79 Å². The van der Waals surface area contributed by atoms with Crippen LogP contribution in [0.4, 0.5) is 0 Å². The number of H-pyrrole nitrogens is 1. The number of aromatic nitrogens is 1. The number of benzene rings is 2. The van der Waals surface area contributed by atoms with Crippen LogP contribution in [-0.2, 0) is 0 Å². The van der Waals surface area contributed by atoms with E-state index in [2.05, 4.69) is 4.98 Å². The first kappa shape index (κ1) is 12.5. The first-order chi connectivity index (χ1) is 9.61. The lowest BCUT2D eigenvalue weighted by Gasteiger charge is -2.10. The van der Waals surface area contributed by atoms with Crippen molar-refractivity contribution in [1.29, 1.82) is 0 Å². The number of hydrogen-bond acceptors (Lipinski definition) is 3. The van der Waals surface area contributed by atoms with Gasteiger partial charge < -0.3 is 9.15 Å². The van der Waals surface area contributed by atoms with Gasteiger partial charge >= 0.3 is 5.76 Å². The molecule has 0 unspecified atom stereocenters. The summed E-state index contributed by atoms with van der Waals surface area (Å²) in [6, 6.07) is 13.5. The van der Waals surface area contributed by atoms with E-state index >= 15 is 0 Å². The number of hydrogen-bond donors (Lipinski definition) is 1. The third-order valence-electron chi connectivity index (χ3n) is 2.98. The van der Waals surface area contributed by atoms with Gasteiger partial charge in [0.25, 0.3) is 0 Å². The maximum atomic E-state index is 11.1. The molecule has 3 rings (SSSR count). The van der Waals surface area contributed by atoms with Gasteiger partial charge in [-0.05, 0) is 49.2 Å². The van der Waals surface area contributed by atoms with Crippen LogP contribution in [0, 0.1) is 0 Å². The Morgan fingerprint density at radius 2 is 1.75 bits per heavy atom. The maximum absolute atomic E-state index is 11.1. The molecule has 3 aromatic rings. The van der Waals surface area contributed by atoms with Gasteiger partial charge in [0.2, 0.25) is 0 Å². The molecule has 0 saturated carbocycles. The Morgan fingerprint density at radius 3 is 2.45 bits per heavy atom. The summed E-state index contributed by atoms with van der Waals surface area (Å²) in [7, 11) is 0. The molecule has 0 aliphatic rings. The van der Waals surface area contributed by atoms with E-state index in [0.717, 1.165) is 16.9 Å². The zero-order chi connectivity index (χ0) is 14.1. The average Bonchev–Trinajstić information content (AvgIpc) is 2.78. The van der Waals surface area contributed by atoms with Crippen LogP contribution in [0.5, 0.6) is 5.75 Å². The number of fused-ring (bicyclic) bond motifs is 1. The lowest BCUT2D eigenvalue weighted by atomic mass is 10.1. The Bertz CT molecular complexity index is 781. The topological polar surface area (TPSA) is 55.2 Å². The first-order valence-corrected chi connectivity index (χ1v) is 6.52. The SMILES string of the molecule is CC(C)Oc1ccc(-c2ccc3oc(=O)[nH]c3c2)cc1. The molecule has 4 heteroatoms. The quantitative estimate of drug-likeness (QED) is 0.790. The number of nitrogens with one attached hydrogen (secondary N) is 1. The molecule has 0 fully saturated rings. The minimum Gasteiger partial charge on any atom is -0.491 e. The van der Waals surface area contributed by atoms with Crippen LogP contribution in [0.2, 0.25) is 0 Å². The fraction of sp³-hybridized carbons (Fsp3) is 0.188. The van der Waals surface area contributed by atoms with E-state index in [1.165, 1.54) is 0 Å². The van der Waals surface area contributed by atoms with Gasteiger partial charge in [0, 0.05) is 0 Å². The zero-order valence-electron chi connectivity index (χ0n) is 11.3. The lowest BCUT2D eigenvalue weighted by Crippen LogP contribution is -2.05. The number of oxazole rings is 1. The third-order valence-corrected chi connectivity index (χ3v) is 2.98. The van der Waals surface area contributed by atoms with Gasteiger partial charge in [-0.15, -0.1) is 0 Å². The van der Waals surface area contributed by atoms with Crippen LogP contribution in [0.1, 0.15) is 13.8 Å². The number of rotatable bonds is 3. The molecule has 1 aromatic heterocycles. The second-order valence-electron chi connectivity index (χ2n) is 4.92. The lowest BCUT2D eigenvalue weighted by molar-refractivity contribution is 0.242. The van der Waals surface area contributed by atoms with Crippen LogP contribution in [0.3, 0.4) is 0 Å². The highest BCUT2D eigenvalue weighted by atomic mass is 16.5. The van der Waals surface area contributed by atoms with E-state index in [4.69, 9.17) is 9.15 Å². The molecule has 1 heterocycles. The largest absolute Gasteiger partial charge is 0.491 e. The van der Waals surface area contributed by atoms with E-state index in [1.807, 2.05) is 50.2 Å². The number of aromatic amines is 1. The minimum absolute atomic E-state index is 0.160. The summed E-state index contributed by atoms with van der Waals surface area (Å²) in [5.41, 5.74) is 3.35. The minimum atomic E-state index is -0.433. The molecular weight excluding hydrogens is 254 g/mol. The Balaban J connectivity index is 1.95. The molecule has 102 valence electrons. The van der Waals surface area contributed by atoms with Gasteiger partial charge in [0.1, 0.15) is 5.75 Å². The fourth-order valence-electron chi connectivity index (χ4n) is 2.13. The molecule has 0 spiro atoms. The zero-order valence-corrected chi connectivity index (χ0v) is 11.3. The van der Waals surface area contributed by atoms with Crippen molar-refractivity contribution in [2.75, 3.05) is 0 Å². The van der Waals surface area contributed by atoms with Crippen molar-refractivity contribution in [3.05, 3.63) is 53.0 Å². The predicted octanol–water partition coefficient (Wildman–Crippen LogP) is 3.58. The Kier molecular flexibility index (Phi) is 3.06. The van der Waals surface area contributed by atoms with E-state index in [0.29, 0.717) is 11.1 Å². The van der Waals surface area contributed by atoms with Crippen LogP contribution in [0.25, 0.3) is 22.2 Å². The summed E-state index contributed by atoms with van der Waals surface area (Å²) in [5.74, 6) is 0.416. The van der Waals surface area contributed by atoms with Crippen molar-refractivity contribution in [3.63, 3.8) is 0 Å². The molecule has 0 aliphatic heterocycles. The summed E-state index contributed by atoms with van der Waals surface area (Å²) < 4.78 is 10.6. The molecule has 0 amide bonds. The molecule has 4 nitrogen and oxygen atoms in total. The highest BCUT2D eigenvalue weighted by molar-refractivity contribution is 5.80. The van der Waals surface area contributed by atoms with E-state index < -0.39 is 5.76 Å². The second kappa shape index (κ2) is 4.89. The average molecular weight is 269 g/mol. The smallest absolute Gasteiger partial charge is 0.417 e. The Morgan fingerprint density at radius 1 is 1.05 bits per heavy atom. The Hall–Kier alpha value is -2.49. The van der Waals surface area contributed by atoms with Crippen LogP contribution < -0.4 is 10.5 Å². The van der Waals surface area contributed by atoms with E-state index in [1.54, 1.807) is 6.07 Å². The number of ether oxygens (including phenoxy) is 1. The molecule has 0 saturated heterocycles. The second-order valence-corrected chi connectivity index (χ2v) is 4.92. The van der Waals surface area contributed by atoms with Crippen LogP contribution >= 0.6 is 0 Å². The molecule has 20 heavy (non-hydrogen) atoms. The van der Waals surface area contributed by atoms with Gasteiger partial charge in [0.15, 0.2) is 5.58 Å². The van der Waals surface area contributed by atoms with Gasteiger partial charge in [0.05, 0.1) is 11.6 Å². The van der Waals surface area contributed by atoms with E-state index in [9.17, 15) is 4.79 Å². The molecule has 0 atom stereocenters. The standard InChI is InChI=1S/C16H15NO3/c1-10(2)19-13-6-3-11(4-7-13)12-5-8-15-14(9-12)17-16(18)20-15/h3-10H,1-2H3,(H,17,18). The summed E-state index contributed by atoms with van der Waals surface area (Å²) >= 11 is 0. The summed E-state index contributed by atoms with van der Waals surface area (Å²) in [6.45, 7) is 3.99. The van der Waals surface area contributed by atoms with Gasteiger partial charge in [-0.1, -0.05) is 18.2 Å². The van der Waals surface area contributed by atoms with Crippen LogP contribution in [0.15, 0.2) is 51.7 Å². The van der Waals surface area contributed by atoms with Crippen molar-refractivity contribution < 1.29 is 9.15 Å². The summed E-state index contributed by atoms with van der Waals surface area (Å²) in [6.07, 6.45) is 0.160. The Labute approximate surface area is 116 Å². The normalized spacial score (nSPS) is 11.2. The summed E-state index contributed by atoms with van der Waals surface area (Å²) in [5, 5.41) is 0. The molecule has 0 bridgehead atoms. The highest BCUT2D eigenvalue weighted by Crippen LogP contribution is 2.25. The molecule has 2 aromatic carbocycles. The van der Waals surface area contributed by atoms with Crippen molar-refractivity contribution in [2.45, 2.75) is 20.0 Å². The third kappa shape index (κ3) is 2.45. The molecule has 0 aliphatic carbocycles. The molecule has 1 N–H and O–H groups in total. The highest BCUT2D eigenvalue weighted by Gasteiger charge is 2.04. The predicted molar refractivity (Wildman–Crippen MR) is 78.0 cm³/mol. The monoisotopic (exact) mass is 269 g/mol. The van der Waals surface area contributed by atoms with Crippen molar-refractivity contribution in [2.24, 2.45) is 0 Å². The summed E-state index contributed by atoms with van der Waals surface area (Å²) in [4.78, 5) is 13.8. The molecular formula is C16H15NO3. The van der Waals surface area contributed by atoms with E-state index in [-0.39, 0.29) is 6.10 Å². The molecule has 0 radical (unpaired) electrons. The van der Waals surface area contributed by atoms with Crippen molar-refractivity contribution in [1.82, 2.24) is 4.98 Å².